The summed E-state index contributed by atoms with van der Waals surface area (Å²) in [6.45, 7) is 1.94. The molecule has 0 aliphatic heterocycles. The van der Waals surface area contributed by atoms with Gasteiger partial charge in [-0.2, -0.15) is 0 Å². The minimum absolute atomic E-state index is 0.157. The number of aliphatic hydroxyl groups is 2. The molecule has 0 saturated carbocycles. The van der Waals surface area contributed by atoms with E-state index in [9.17, 15) is 23.8 Å². The molecule has 8 nitrogen and oxygen atoms in total. The SMILES string of the molecule is Cc1ncc(C(CO)(CO)NC(=O)c2c(C)nc3c(OCc4c(F)cccc4F)cccn23)s1. The minimum atomic E-state index is -1.43. The maximum absolute atomic E-state index is 14.0. The van der Waals surface area contributed by atoms with E-state index in [1.165, 1.54) is 28.0 Å². The normalized spacial score (nSPS) is 11.7. The van der Waals surface area contributed by atoms with Gasteiger partial charge in [-0.15, -0.1) is 11.3 Å². The van der Waals surface area contributed by atoms with Crippen LogP contribution in [0.25, 0.3) is 5.65 Å². The van der Waals surface area contributed by atoms with Gasteiger partial charge in [0.05, 0.1) is 34.4 Å². The van der Waals surface area contributed by atoms with Gasteiger partial charge in [0.25, 0.3) is 5.91 Å². The smallest absolute Gasteiger partial charge is 0.271 e. The Kier molecular flexibility index (Phi) is 6.60. The first-order valence-corrected chi connectivity index (χ1v) is 11.1. The van der Waals surface area contributed by atoms with Gasteiger partial charge >= 0.3 is 0 Å². The van der Waals surface area contributed by atoms with E-state index >= 15 is 0 Å². The third-order valence-electron chi connectivity index (χ3n) is 5.42. The van der Waals surface area contributed by atoms with Crippen LogP contribution in [0.4, 0.5) is 8.78 Å². The predicted molar refractivity (Wildman–Crippen MR) is 121 cm³/mol. The van der Waals surface area contributed by atoms with E-state index in [0.29, 0.717) is 10.6 Å². The Morgan fingerprint density at radius 2 is 1.88 bits per heavy atom. The molecule has 0 fully saturated rings. The molecule has 34 heavy (non-hydrogen) atoms. The number of amides is 1. The number of nitrogens with one attached hydrogen (secondary N) is 1. The van der Waals surface area contributed by atoms with Crippen molar-refractivity contribution >= 4 is 22.9 Å². The first kappa shape index (κ1) is 23.7. The van der Waals surface area contributed by atoms with Crippen molar-refractivity contribution < 1.29 is 28.5 Å². The molecule has 0 unspecified atom stereocenters. The monoisotopic (exact) mass is 488 g/mol. The van der Waals surface area contributed by atoms with Crippen LogP contribution >= 0.6 is 11.3 Å². The molecule has 3 heterocycles. The molecule has 3 aromatic heterocycles. The lowest BCUT2D eigenvalue weighted by molar-refractivity contribution is 0.0664. The highest BCUT2D eigenvalue weighted by Gasteiger charge is 2.36. The molecule has 0 bridgehead atoms. The molecule has 0 atom stereocenters. The number of pyridine rings is 1. The molecule has 0 saturated heterocycles. The fraction of sp³-hybridized carbons (Fsp3) is 0.261. The molecule has 0 aliphatic rings. The van der Waals surface area contributed by atoms with E-state index in [2.05, 4.69) is 15.3 Å². The minimum Gasteiger partial charge on any atom is -0.485 e. The number of ether oxygens (including phenoxy) is 1. The van der Waals surface area contributed by atoms with Gasteiger partial charge in [-0.25, -0.2) is 18.7 Å². The zero-order chi connectivity index (χ0) is 24.5. The van der Waals surface area contributed by atoms with E-state index in [-0.39, 0.29) is 29.3 Å². The van der Waals surface area contributed by atoms with Gasteiger partial charge in [0.1, 0.15) is 29.5 Å². The van der Waals surface area contributed by atoms with E-state index in [4.69, 9.17) is 4.74 Å². The summed E-state index contributed by atoms with van der Waals surface area (Å²) in [6, 6.07) is 6.74. The van der Waals surface area contributed by atoms with Crippen molar-refractivity contribution in [3.63, 3.8) is 0 Å². The number of hydrogen-bond acceptors (Lipinski definition) is 7. The number of fused-ring (bicyclic) bond motifs is 1. The summed E-state index contributed by atoms with van der Waals surface area (Å²) >= 11 is 1.25. The maximum Gasteiger partial charge on any atom is 0.271 e. The van der Waals surface area contributed by atoms with Gasteiger partial charge in [0, 0.05) is 12.4 Å². The highest BCUT2D eigenvalue weighted by atomic mass is 32.1. The number of aliphatic hydroxyl groups excluding tert-OH is 2. The van der Waals surface area contributed by atoms with Crippen molar-refractivity contribution in [1.29, 1.82) is 0 Å². The van der Waals surface area contributed by atoms with Gasteiger partial charge in [0.2, 0.25) is 0 Å². The quantitative estimate of drug-likeness (QED) is 0.352. The molecule has 4 aromatic rings. The predicted octanol–water partition coefficient (Wildman–Crippen LogP) is 2.87. The van der Waals surface area contributed by atoms with E-state index < -0.39 is 36.3 Å². The summed E-state index contributed by atoms with van der Waals surface area (Å²) < 4.78 is 35.1. The molecular weight excluding hydrogens is 466 g/mol. The number of carbonyl (C=O) groups is 1. The van der Waals surface area contributed by atoms with Crippen LogP contribution in [0, 0.1) is 25.5 Å². The van der Waals surface area contributed by atoms with Crippen molar-refractivity contribution in [2.45, 2.75) is 26.0 Å². The average molecular weight is 489 g/mol. The third kappa shape index (κ3) is 4.25. The Morgan fingerprint density at radius 3 is 2.50 bits per heavy atom. The Labute approximate surface area is 197 Å². The van der Waals surface area contributed by atoms with Crippen molar-refractivity contribution in [3.8, 4) is 5.75 Å². The van der Waals surface area contributed by atoms with E-state index in [1.54, 1.807) is 32.2 Å². The van der Waals surface area contributed by atoms with E-state index in [0.717, 1.165) is 17.1 Å². The fourth-order valence-electron chi connectivity index (χ4n) is 3.57. The number of aromatic nitrogens is 3. The number of carbonyl (C=O) groups excluding carboxylic acids is 1. The fourth-order valence-corrected chi connectivity index (χ4v) is 4.47. The number of imidazole rings is 1. The summed E-state index contributed by atoms with van der Waals surface area (Å²) in [4.78, 5) is 22.3. The van der Waals surface area contributed by atoms with Crippen molar-refractivity contribution in [2.75, 3.05) is 13.2 Å². The Hall–Kier alpha value is -3.41. The van der Waals surface area contributed by atoms with Crippen LogP contribution in [0.5, 0.6) is 5.75 Å². The molecule has 0 radical (unpaired) electrons. The number of nitrogens with zero attached hydrogens (tertiary/aromatic N) is 3. The standard InChI is InChI=1S/C23H22F2N4O4S/c1-13-20(22(32)28-23(11-30,12-31)19-9-26-14(2)34-19)29-8-4-7-18(21(29)27-13)33-10-15-16(24)5-3-6-17(15)25/h3-9,30-31H,10-12H2,1-2H3,(H,28,32). The number of benzene rings is 1. The lowest BCUT2D eigenvalue weighted by Gasteiger charge is -2.29. The molecule has 178 valence electrons. The summed E-state index contributed by atoms with van der Waals surface area (Å²) in [5.74, 6) is -1.82. The van der Waals surface area contributed by atoms with Gasteiger partial charge in [-0.05, 0) is 38.1 Å². The molecule has 4 rings (SSSR count). The van der Waals surface area contributed by atoms with Crippen molar-refractivity contribution in [3.05, 3.63) is 81.2 Å². The van der Waals surface area contributed by atoms with Crippen LogP contribution in [0.3, 0.4) is 0 Å². The van der Waals surface area contributed by atoms with Crippen LogP contribution in [0.15, 0.2) is 42.7 Å². The molecule has 11 heteroatoms. The number of halogens is 2. The highest BCUT2D eigenvalue weighted by molar-refractivity contribution is 7.11. The molecule has 0 aliphatic carbocycles. The number of rotatable bonds is 8. The topological polar surface area (TPSA) is 109 Å². The largest absolute Gasteiger partial charge is 0.485 e. The summed E-state index contributed by atoms with van der Waals surface area (Å²) in [5.41, 5.74) is -0.868. The van der Waals surface area contributed by atoms with Gasteiger partial charge in [0.15, 0.2) is 11.4 Å². The molecular formula is C23H22F2N4O4S. The molecule has 1 amide bonds. The Balaban J connectivity index is 1.66. The molecule has 0 spiro atoms. The summed E-state index contributed by atoms with van der Waals surface area (Å²) in [7, 11) is 0. The zero-order valence-electron chi connectivity index (χ0n) is 18.4. The first-order chi connectivity index (χ1) is 16.3. The molecule has 3 N–H and O–H groups in total. The Morgan fingerprint density at radius 1 is 1.18 bits per heavy atom. The second kappa shape index (κ2) is 9.45. The van der Waals surface area contributed by atoms with E-state index in [1.807, 2.05) is 0 Å². The van der Waals surface area contributed by atoms with Crippen LogP contribution in [-0.4, -0.2) is 43.7 Å². The van der Waals surface area contributed by atoms with Gasteiger partial charge in [-0.3, -0.25) is 9.20 Å². The van der Waals surface area contributed by atoms with Crippen LogP contribution in [0.2, 0.25) is 0 Å². The third-order valence-corrected chi connectivity index (χ3v) is 6.54. The first-order valence-electron chi connectivity index (χ1n) is 10.3. The maximum atomic E-state index is 14.0. The average Bonchev–Trinajstić information content (AvgIpc) is 3.40. The van der Waals surface area contributed by atoms with Crippen LogP contribution < -0.4 is 10.1 Å². The number of hydrogen-bond donors (Lipinski definition) is 3. The van der Waals surface area contributed by atoms with Crippen molar-refractivity contribution in [2.24, 2.45) is 0 Å². The second-order valence-corrected chi connectivity index (χ2v) is 8.93. The number of aryl methyl sites for hydroxylation is 2. The highest BCUT2D eigenvalue weighted by Crippen LogP contribution is 2.28. The van der Waals surface area contributed by atoms with Gasteiger partial charge in [-0.1, -0.05) is 6.07 Å². The summed E-state index contributed by atoms with van der Waals surface area (Å²) in [6.07, 6.45) is 3.10. The number of thiazole rings is 1. The van der Waals surface area contributed by atoms with Crippen LogP contribution in [-0.2, 0) is 12.1 Å². The lowest BCUT2D eigenvalue weighted by atomic mass is 10.00. The van der Waals surface area contributed by atoms with Crippen LogP contribution in [0.1, 0.15) is 31.6 Å². The van der Waals surface area contributed by atoms with Crippen molar-refractivity contribution in [1.82, 2.24) is 19.7 Å². The Bertz CT molecular complexity index is 1330. The molecule has 1 aromatic carbocycles. The zero-order valence-corrected chi connectivity index (χ0v) is 19.2. The van der Waals surface area contributed by atoms with Gasteiger partial charge < -0.3 is 20.3 Å². The second-order valence-electron chi connectivity index (χ2n) is 7.70. The lowest BCUT2D eigenvalue weighted by Crippen LogP contribution is -2.51. The summed E-state index contributed by atoms with van der Waals surface area (Å²) in [5, 5.41) is 23.5.